The average Bonchev–Trinajstić information content (AvgIpc) is 3.32. The van der Waals surface area contributed by atoms with Crippen LogP contribution in [0.1, 0.15) is 30.7 Å². The number of carbonyl (C=O) groups is 1. The number of aryl methyl sites for hydroxylation is 1. The van der Waals surface area contributed by atoms with E-state index in [-0.39, 0.29) is 11.8 Å². The lowest BCUT2D eigenvalue weighted by molar-refractivity contribution is -0.129. The van der Waals surface area contributed by atoms with E-state index in [1.54, 1.807) is 13.3 Å². The van der Waals surface area contributed by atoms with Crippen LogP contribution in [0.2, 0.25) is 0 Å². The van der Waals surface area contributed by atoms with Gasteiger partial charge in [-0.1, -0.05) is 18.2 Å². The first-order chi connectivity index (χ1) is 13.2. The molecule has 1 atom stereocenters. The highest BCUT2D eigenvalue weighted by Gasteiger charge is 2.31. The van der Waals surface area contributed by atoms with Gasteiger partial charge in [-0.15, -0.1) is 0 Å². The predicted octanol–water partition coefficient (Wildman–Crippen LogP) is 3.02. The molecule has 0 bridgehead atoms. The Morgan fingerprint density at radius 2 is 2.11 bits per heavy atom. The van der Waals surface area contributed by atoms with Crippen molar-refractivity contribution in [3.8, 4) is 5.75 Å². The van der Waals surface area contributed by atoms with Crippen LogP contribution in [-0.2, 0) is 17.8 Å². The lowest BCUT2D eigenvalue weighted by atomic mass is 10.1. The Kier molecular flexibility index (Phi) is 4.79. The van der Waals surface area contributed by atoms with E-state index in [1.807, 2.05) is 41.3 Å². The van der Waals surface area contributed by atoms with Crippen LogP contribution in [0.15, 0.2) is 42.6 Å². The fraction of sp³-hybridized carbons (Fsp3) is 0.381. The molecule has 3 heterocycles. The maximum Gasteiger partial charge on any atom is 0.227 e. The van der Waals surface area contributed by atoms with E-state index in [9.17, 15) is 4.79 Å². The number of para-hydroxylation sites is 1. The molecule has 6 nitrogen and oxygen atoms in total. The minimum Gasteiger partial charge on any atom is -0.496 e. The second-order valence-corrected chi connectivity index (χ2v) is 6.87. The van der Waals surface area contributed by atoms with Gasteiger partial charge in [-0.25, -0.2) is 9.97 Å². The van der Waals surface area contributed by atoms with E-state index in [0.717, 1.165) is 47.8 Å². The number of rotatable bonds is 5. The summed E-state index contributed by atoms with van der Waals surface area (Å²) in [6.45, 7) is 4.41. The number of pyridine rings is 1. The smallest absolute Gasteiger partial charge is 0.227 e. The Hall–Kier alpha value is -2.89. The highest BCUT2D eigenvalue weighted by atomic mass is 16.5. The van der Waals surface area contributed by atoms with Crippen LogP contribution in [0.5, 0.6) is 5.75 Å². The Labute approximate surface area is 158 Å². The number of aromatic nitrogens is 3. The molecule has 1 amide bonds. The number of hydrogen-bond donors (Lipinski definition) is 0. The van der Waals surface area contributed by atoms with Crippen molar-refractivity contribution in [2.75, 3.05) is 20.2 Å². The first-order valence-corrected chi connectivity index (χ1v) is 9.42. The number of hydrogen-bond acceptors (Lipinski definition) is 4. The van der Waals surface area contributed by atoms with Crippen LogP contribution >= 0.6 is 0 Å². The van der Waals surface area contributed by atoms with Crippen LogP contribution in [0, 0.1) is 0 Å². The number of benzene rings is 1. The zero-order chi connectivity index (χ0) is 18.8. The molecular formula is C21H24N4O2. The summed E-state index contributed by atoms with van der Waals surface area (Å²) in [6.07, 6.45) is 3.10. The summed E-state index contributed by atoms with van der Waals surface area (Å²) >= 11 is 0. The van der Waals surface area contributed by atoms with Gasteiger partial charge in [0.25, 0.3) is 0 Å². The molecule has 1 fully saturated rings. The maximum atomic E-state index is 12.8. The second kappa shape index (κ2) is 7.39. The summed E-state index contributed by atoms with van der Waals surface area (Å²) in [5, 5.41) is 0. The van der Waals surface area contributed by atoms with Gasteiger partial charge in [0.05, 0.1) is 13.5 Å². The molecular weight excluding hydrogens is 340 g/mol. The van der Waals surface area contributed by atoms with E-state index in [1.165, 1.54) is 0 Å². The van der Waals surface area contributed by atoms with E-state index < -0.39 is 0 Å². The van der Waals surface area contributed by atoms with Gasteiger partial charge < -0.3 is 14.2 Å². The molecule has 0 spiro atoms. The van der Waals surface area contributed by atoms with Gasteiger partial charge >= 0.3 is 0 Å². The molecule has 0 radical (unpaired) electrons. The van der Waals surface area contributed by atoms with Crippen molar-refractivity contribution in [2.24, 2.45) is 0 Å². The quantitative estimate of drug-likeness (QED) is 0.698. The van der Waals surface area contributed by atoms with Crippen molar-refractivity contribution in [1.29, 1.82) is 0 Å². The molecule has 0 saturated carbocycles. The molecule has 2 aromatic heterocycles. The van der Waals surface area contributed by atoms with Crippen LogP contribution < -0.4 is 4.74 Å². The van der Waals surface area contributed by atoms with Gasteiger partial charge in [0.15, 0.2) is 5.65 Å². The third-order valence-electron chi connectivity index (χ3n) is 5.29. The number of fused-ring (bicyclic) bond motifs is 1. The van der Waals surface area contributed by atoms with Crippen molar-refractivity contribution < 1.29 is 9.53 Å². The minimum absolute atomic E-state index is 0.138. The van der Waals surface area contributed by atoms with E-state index in [2.05, 4.69) is 16.5 Å². The zero-order valence-corrected chi connectivity index (χ0v) is 15.8. The standard InChI is InChI=1S/C21H24N4O2/c1-3-25-20(23-17-8-6-11-22-21(17)25)16-10-12-24(14-16)19(26)13-15-7-4-5-9-18(15)27-2/h4-9,11,16H,3,10,12-14H2,1-2H3/t16-/m1/s1. The van der Waals surface area contributed by atoms with E-state index in [4.69, 9.17) is 9.72 Å². The Balaban J connectivity index is 1.51. The maximum absolute atomic E-state index is 12.8. The molecule has 0 unspecified atom stereocenters. The summed E-state index contributed by atoms with van der Waals surface area (Å²) in [6, 6.07) is 11.6. The lowest BCUT2D eigenvalue weighted by Gasteiger charge is -2.18. The molecule has 27 heavy (non-hydrogen) atoms. The fourth-order valence-corrected chi connectivity index (χ4v) is 3.92. The number of nitrogens with zero attached hydrogens (tertiary/aromatic N) is 4. The molecule has 4 rings (SSSR count). The van der Waals surface area contributed by atoms with Crippen molar-refractivity contribution in [1.82, 2.24) is 19.4 Å². The number of amides is 1. The minimum atomic E-state index is 0.138. The molecule has 1 aliphatic heterocycles. The normalized spacial score (nSPS) is 16.8. The summed E-state index contributed by atoms with van der Waals surface area (Å²) in [4.78, 5) is 24.1. The monoisotopic (exact) mass is 364 g/mol. The highest BCUT2D eigenvalue weighted by Crippen LogP contribution is 2.30. The number of imidazole rings is 1. The summed E-state index contributed by atoms with van der Waals surface area (Å²) in [5.41, 5.74) is 2.78. The molecule has 3 aromatic rings. The first kappa shape index (κ1) is 17.5. The van der Waals surface area contributed by atoms with Gasteiger partial charge in [-0.05, 0) is 31.5 Å². The number of methoxy groups -OCH3 is 1. The third kappa shape index (κ3) is 3.27. The Morgan fingerprint density at radius 1 is 1.26 bits per heavy atom. The van der Waals surface area contributed by atoms with Crippen LogP contribution in [0.25, 0.3) is 11.2 Å². The molecule has 140 valence electrons. The molecule has 0 N–H and O–H groups in total. The van der Waals surface area contributed by atoms with Crippen molar-refractivity contribution >= 4 is 17.1 Å². The Bertz CT molecular complexity index is 966. The lowest BCUT2D eigenvalue weighted by Crippen LogP contribution is -2.30. The zero-order valence-electron chi connectivity index (χ0n) is 15.8. The van der Waals surface area contributed by atoms with Crippen molar-refractivity contribution in [3.63, 3.8) is 0 Å². The van der Waals surface area contributed by atoms with Crippen molar-refractivity contribution in [2.45, 2.75) is 32.2 Å². The highest BCUT2D eigenvalue weighted by molar-refractivity contribution is 5.80. The number of ether oxygens (including phenoxy) is 1. The molecule has 0 aliphatic carbocycles. The second-order valence-electron chi connectivity index (χ2n) is 6.87. The topological polar surface area (TPSA) is 60.2 Å². The van der Waals surface area contributed by atoms with Gasteiger partial charge in [-0.2, -0.15) is 0 Å². The van der Waals surface area contributed by atoms with Crippen LogP contribution in [-0.4, -0.2) is 45.5 Å². The Morgan fingerprint density at radius 3 is 2.93 bits per heavy atom. The average molecular weight is 364 g/mol. The van der Waals surface area contributed by atoms with Gasteiger partial charge in [0.2, 0.25) is 5.91 Å². The summed E-state index contributed by atoms with van der Waals surface area (Å²) in [7, 11) is 1.64. The molecule has 1 saturated heterocycles. The third-order valence-corrected chi connectivity index (χ3v) is 5.29. The first-order valence-electron chi connectivity index (χ1n) is 9.42. The fourth-order valence-electron chi connectivity index (χ4n) is 3.92. The van der Waals surface area contributed by atoms with E-state index in [0.29, 0.717) is 13.0 Å². The predicted molar refractivity (Wildman–Crippen MR) is 104 cm³/mol. The number of carbonyl (C=O) groups excluding carboxylic acids is 1. The largest absolute Gasteiger partial charge is 0.496 e. The molecule has 6 heteroatoms. The van der Waals surface area contributed by atoms with Gasteiger partial charge in [0, 0.05) is 37.3 Å². The summed E-state index contributed by atoms with van der Waals surface area (Å²) < 4.78 is 7.55. The molecule has 1 aromatic carbocycles. The van der Waals surface area contributed by atoms with Crippen LogP contribution in [0.4, 0.5) is 0 Å². The molecule has 1 aliphatic rings. The summed E-state index contributed by atoms with van der Waals surface area (Å²) in [5.74, 6) is 2.19. The van der Waals surface area contributed by atoms with Crippen LogP contribution in [0.3, 0.4) is 0 Å². The van der Waals surface area contributed by atoms with E-state index >= 15 is 0 Å². The van der Waals surface area contributed by atoms with Gasteiger partial charge in [0.1, 0.15) is 17.1 Å². The number of likely N-dealkylation sites (tertiary alicyclic amines) is 1. The SMILES string of the molecule is CCn1c([C@@H]2CCN(C(=O)Cc3ccccc3OC)C2)nc2cccnc21. The van der Waals surface area contributed by atoms with Crippen molar-refractivity contribution in [3.05, 3.63) is 54.0 Å². The van der Waals surface area contributed by atoms with Gasteiger partial charge in [-0.3, -0.25) is 4.79 Å².